The summed E-state index contributed by atoms with van der Waals surface area (Å²) in [5.74, 6) is -0.662. The zero-order valence-electron chi connectivity index (χ0n) is 12.6. The largest absolute Gasteiger partial charge is 0.395 e. The number of benzene rings is 1. The molecule has 22 heavy (non-hydrogen) atoms. The molecule has 122 valence electrons. The van der Waals surface area contributed by atoms with E-state index in [1.165, 1.54) is 12.1 Å². The molecule has 1 aromatic carbocycles. The first-order valence-corrected chi connectivity index (χ1v) is 7.24. The highest BCUT2D eigenvalue weighted by molar-refractivity contribution is 5.86. The van der Waals surface area contributed by atoms with Crippen molar-refractivity contribution in [2.45, 2.75) is 32.4 Å². The van der Waals surface area contributed by atoms with Crippen molar-refractivity contribution in [3.63, 3.8) is 0 Å². The molecule has 1 atom stereocenters. The smallest absolute Gasteiger partial charge is 0.315 e. The van der Waals surface area contributed by atoms with E-state index in [1.807, 2.05) is 6.92 Å². The number of rotatable bonds is 8. The molecule has 0 heterocycles. The number of carbonyl (C=O) groups is 2. The van der Waals surface area contributed by atoms with E-state index < -0.39 is 12.1 Å². The van der Waals surface area contributed by atoms with Crippen LogP contribution in [0.5, 0.6) is 0 Å². The maximum absolute atomic E-state index is 12.8. The predicted molar refractivity (Wildman–Crippen MR) is 80.6 cm³/mol. The molecule has 1 aromatic rings. The molecule has 0 saturated heterocycles. The number of hydrogen-bond donors (Lipinski definition) is 4. The Morgan fingerprint density at radius 3 is 2.50 bits per heavy atom. The predicted octanol–water partition coefficient (Wildman–Crippen LogP) is 0.902. The molecule has 0 aromatic heterocycles. The average molecular weight is 311 g/mol. The molecule has 6 nitrogen and oxygen atoms in total. The van der Waals surface area contributed by atoms with Gasteiger partial charge in [-0.3, -0.25) is 4.79 Å². The molecule has 3 amide bonds. The van der Waals surface area contributed by atoms with Gasteiger partial charge in [0.25, 0.3) is 0 Å². The van der Waals surface area contributed by atoms with Crippen LogP contribution in [0.2, 0.25) is 0 Å². The van der Waals surface area contributed by atoms with E-state index in [9.17, 15) is 14.0 Å². The third-order valence-electron chi connectivity index (χ3n) is 2.98. The van der Waals surface area contributed by atoms with Gasteiger partial charge in [-0.1, -0.05) is 25.5 Å². The highest BCUT2D eigenvalue weighted by Gasteiger charge is 2.19. The van der Waals surface area contributed by atoms with Gasteiger partial charge in [-0.05, 0) is 24.1 Å². The molecule has 0 aliphatic rings. The monoisotopic (exact) mass is 311 g/mol. The molecule has 7 heteroatoms. The molecule has 0 radical (unpaired) electrons. The number of carbonyl (C=O) groups excluding carboxylic acids is 2. The number of amides is 3. The Morgan fingerprint density at radius 1 is 1.23 bits per heavy atom. The Balaban J connectivity index is 2.45. The molecule has 1 rings (SSSR count). The van der Waals surface area contributed by atoms with Gasteiger partial charge in [0.15, 0.2) is 0 Å². The second kappa shape index (κ2) is 9.73. The Hall–Kier alpha value is -2.15. The van der Waals surface area contributed by atoms with Crippen molar-refractivity contribution in [3.05, 3.63) is 35.6 Å². The number of hydrogen-bond acceptors (Lipinski definition) is 3. The lowest BCUT2D eigenvalue weighted by atomic mass is 10.1. The minimum Gasteiger partial charge on any atom is -0.395 e. The highest BCUT2D eigenvalue weighted by Crippen LogP contribution is 2.02. The summed E-state index contributed by atoms with van der Waals surface area (Å²) in [6.07, 6.45) is 1.23. The van der Waals surface area contributed by atoms with Crippen LogP contribution in [0.4, 0.5) is 9.18 Å². The Labute approximate surface area is 129 Å². The Morgan fingerprint density at radius 2 is 1.91 bits per heavy atom. The van der Waals surface area contributed by atoms with Crippen molar-refractivity contribution >= 4 is 11.9 Å². The summed E-state index contributed by atoms with van der Waals surface area (Å²) in [6, 6.07) is 4.67. The van der Waals surface area contributed by atoms with Gasteiger partial charge in [-0.25, -0.2) is 9.18 Å². The first kappa shape index (κ1) is 17.9. The molecule has 0 fully saturated rings. The van der Waals surface area contributed by atoms with Crippen LogP contribution in [0, 0.1) is 5.82 Å². The maximum Gasteiger partial charge on any atom is 0.315 e. The Kier molecular flexibility index (Phi) is 7.91. The minimum atomic E-state index is -0.648. The second-order valence-corrected chi connectivity index (χ2v) is 4.81. The quantitative estimate of drug-likeness (QED) is 0.575. The van der Waals surface area contributed by atoms with E-state index in [0.717, 1.165) is 12.0 Å². The van der Waals surface area contributed by atoms with Gasteiger partial charge in [0.2, 0.25) is 5.91 Å². The van der Waals surface area contributed by atoms with E-state index >= 15 is 0 Å². The molecule has 4 N–H and O–H groups in total. The van der Waals surface area contributed by atoms with Crippen LogP contribution in [-0.2, 0) is 11.3 Å². The van der Waals surface area contributed by atoms with E-state index in [1.54, 1.807) is 12.1 Å². The molecule has 0 bridgehead atoms. The summed E-state index contributed by atoms with van der Waals surface area (Å²) in [5, 5.41) is 16.4. The van der Waals surface area contributed by atoms with Crippen molar-refractivity contribution < 1.29 is 19.1 Å². The average Bonchev–Trinajstić information content (AvgIpc) is 2.51. The molecule has 0 unspecified atom stereocenters. The molecular weight excluding hydrogens is 289 g/mol. The lowest BCUT2D eigenvalue weighted by molar-refractivity contribution is -0.123. The topological polar surface area (TPSA) is 90.5 Å². The van der Waals surface area contributed by atoms with Crippen molar-refractivity contribution in [2.75, 3.05) is 13.2 Å². The molecule has 0 spiro atoms. The van der Waals surface area contributed by atoms with Gasteiger partial charge in [-0.2, -0.15) is 0 Å². The van der Waals surface area contributed by atoms with Crippen LogP contribution in [0.1, 0.15) is 25.3 Å². The Bertz CT molecular complexity index is 479. The fourth-order valence-corrected chi connectivity index (χ4v) is 1.85. The van der Waals surface area contributed by atoms with Crippen LogP contribution < -0.4 is 16.0 Å². The van der Waals surface area contributed by atoms with Crippen LogP contribution in [0.15, 0.2) is 24.3 Å². The number of aliphatic hydroxyl groups is 1. The van der Waals surface area contributed by atoms with Gasteiger partial charge in [-0.15, -0.1) is 0 Å². The molecular formula is C15H22FN3O3. The molecule has 0 aliphatic carbocycles. The number of nitrogens with one attached hydrogen (secondary N) is 3. The zero-order chi connectivity index (χ0) is 16.4. The molecule has 0 saturated carbocycles. The van der Waals surface area contributed by atoms with Crippen LogP contribution in [0.3, 0.4) is 0 Å². The van der Waals surface area contributed by atoms with Gasteiger partial charge in [0.1, 0.15) is 11.9 Å². The van der Waals surface area contributed by atoms with E-state index in [2.05, 4.69) is 16.0 Å². The van der Waals surface area contributed by atoms with Crippen molar-refractivity contribution in [1.82, 2.24) is 16.0 Å². The highest BCUT2D eigenvalue weighted by atomic mass is 19.1. The summed E-state index contributed by atoms with van der Waals surface area (Å²) >= 11 is 0. The summed E-state index contributed by atoms with van der Waals surface area (Å²) in [5.41, 5.74) is 0.758. The van der Waals surface area contributed by atoms with E-state index in [-0.39, 0.29) is 31.4 Å². The second-order valence-electron chi connectivity index (χ2n) is 4.81. The normalized spacial score (nSPS) is 11.6. The fourth-order valence-electron chi connectivity index (χ4n) is 1.85. The van der Waals surface area contributed by atoms with Gasteiger partial charge < -0.3 is 21.1 Å². The third kappa shape index (κ3) is 6.53. The summed E-state index contributed by atoms with van der Waals surface area (Å²) in [6.45, 7) is 2.15. The van der Waals surface area contributed by atoms with E-state index in [4.69, 9.17) is 5.11 Å². The van der Waals surface area contributed by atoms with Crippen molar-refractivity contribution in [3.8, 4) is 0 Å². The minimum absolute atomic E-state index is 0.151. The lowest BCUT2D eigenvalue weighted by Crippen LogP contribution is -2.50. The van der Waals surface area contributed by atoms with Crippen LogP contribution in [-0.4, -0.2) is 36.2 Å². The standard InChI is InChI=1S/C15H22FN3O3/c1-2-3-13(14(21)17-8-9-20)19-15(22)18-10-11-4-6-12(16)7-5-11/h4-7,13,20H,2-3,8-10H2,1H3,(H,17,21)(H2,18,19,22)/t13-/m1/s1. The SMILES string of the molecule is CCC[C@@H](NC(=O)NCc1ccc(F)cc1)C(=O)NCCO. The fraction of sp³-hybridized carbons (Fsp3) is 0.467. The molecule has 0 aliphatic heterocycles. The summed E-state index contributed by atoms with van der Waals surface area (Å²) in [4.78, 5) is 23.7. The summed E-state index contributed by atoms with van der Waals surface area (Å²) in [7, 11) is 0. The maximum atomic E-state index is 12.8. The summed E-state index contributed by atoms with van der Waals surface area (Å²) < 4.78 is 12.8. The first-order valence-electron chi connectivity index (χ1n) is 7.24. The van der Waals surface area contributed by atoms with Crippen molar-refractivity contribution in [1.29, 1.82) is 0 Å². The zero-order valence-corrected chi connectivity index (χ0v) is 12.6. The van der Waals surface area contributed by atoms with Gasteiger partial charge in [0, 0.05) is 13.1 Å². The van der Waals surface area contributed by atoms with Gasteiger partial charge >= 0.3 is 6.03 Å². The van der Waals surface area contributed by atoms with E-state index in [0.29, 0.717) is 6.42 Å². The van der Waals surface area contributed by atoms with Gasteiger partial charge in [0.05, 0.1) is 6.61 Å². The lowest BCUT2D eigenvalue weighted by Gasteiger charge is -2.18. The van der Waals surface area contributed by atoms with Crippen LogP contribution in [0.25, 0.3) is 0 Å². The first-order chi connectivity index (χ1) is 10.6. The number of halogens is 1. The third-order valence-corrected chi connectivity index (χ3v) is 2.98. The number of aliphatic hydroxyl groups excluding tert-OH is 1. The van der Waals surface area contributed by atoms with Crippen LogP contribution >= 0.6 is 0 Å². The number of urea groups is 1. The van der Waals surface area contributed by atoms with Crippen molar-refractivity contribution in [2.24, 2.45) is 0 Å².